The third-order valence-corrected chi connectivity index (χ3v) is 3.33. The molecule has 0 saturated carbocycles. The van der Waals surface area contributed by atoms with Crippen LogP contribution in [0.2, 0.25) is 0 Å². The summed E-state index contributed by atoms with van der Waals surface area (Å²) in [7, 11) is 0. The van der Waals surface area contributed by atoms with Crippen molar-refractivity contribution in [1.82, 2.24) is 10.2 Å². The number of thioether (sulfide) groups is 1. The van der Waals surface area contributed by atoms with Crippen molar-refractivity contribution >= 4 is 22.7 Å². The van der Waals surface area contributed by atoms with Gasteiger partial charge in [-0.05, 0) is 13.0 Å². The van der Waals surface area contributed by atoms with Crippen LogP contribution < -0.4 is 0 Å². The molecule has 0 aliphatic heterocycles. The molecule has 0 amide bonds. The lowest BCUT2D eigenvalue weighted by molar-refractivity contribution is 0.164. The molecule has 0 aliphatic carbocycles. The summed E-state index contributed by atoms with van der Waals surface area (Å²) in [6.45, 7) is 3.23. The van der Waals surface area contributed by atoms with Crippen molar-refractivity contribution in [2.75, 3.05) is 19.0 Å². The number of phenols is 2. The average Bonchev–Trinajstić information content (AvgIpc) is 2.80. The van der Waals surface area contributed by atoms with E-state index in [4.69, 9.17) is 4.74 Å². The van der Waals surface area contributed by atoms with Crippen LogP contribution in [0.1, 0.15) is 6.92 Å². The van der Waals surface area contributed by atoms with E-state index >= 15 is 0 Å². The predicted molar refractivity (Wildman–Crippen MR) is 66.6 cm³/mol. The topological polar surface area (TPSA) is 78.4 Å². The molecule has 5 nitrogen and oxygen atoms in total. The number of aromatic amines is 1. The number of ether oxygens (including phenoxy) is 1. The maximum atomic E-state index is 9.99. The Bertz CT molecular complexity index is 513. The van der Waals surface area contributed by atoms with Gasteiger partial charge < -0.3 is 14.9 Å². The highest BCUT2D eigenvalue weighted by Gasteiger charge is 2.12. The van der Waals surface area contributed by atoms with Crippen molar-refractivity contribution in [2.24, 2.45) is 0 Å². The van der Waals surface area contributed by atoms with Crippen molar-refractivity contribution in [3.8, 4) is 11.5 Å². The molecule has 0 saturated heterocycles. The first-order valence-corrected chi connectivity index (χ1v) is 6.31. The monoisotopic (exact) mass is 254 g/mol. The summed E-state index contributed by atoms with van der Waals surface area (Å²) in [6.07, 6.45) is 1.50. The number of benzene rings is 1. The smallest absolute Gasteiger partial charge is 0.142 e. The second-order valence-electron chi connectivity index (χ2n) is 3.45. The Labute approximate surface area is 103 Å². The zero-order chi connectivity index (χ0) is 12.3. The zero-order valence-electron chi connectivity index (χ0n) is 9.43. The van der Waals surface area contributed by atoms with E-state index in [9.17, 15) is 10.2 Å². The molecule has 0 spiro atoms. The number of hydrogen-bond donors (Lipinski definition) is 3. The summed E-state index contributed by atoms with van der Waals surface area (Å²) < 4.78 is 5.21. The summed E-state index contributed by atoms with van der Waals surface area (Å²) in [6, 6.07) is 1.53. The van der Waals surface area contributed by atoms with E-state index < -0.39 is 0 Å². The molecule has 2 rings (SSSR count). The predicted octanol–water partition coefficient (Wildman–Crippen LogP) is 2.10. The summed E-state index contributed by atoms with van der Waals surface area (Å²) >= 11 is 1.44. The van der Waals surface area contributed by atoms with Crippen LogP contribution in [0.5, 0.6) is 11.5 Å². The number of H-pyrrole nitrogens is 1. The molecule has 6 heteroatoms. The minimum absolute atomic E-state index is 0.0919. The molecule has 2 aromatic rings. The quantitative estimate of drug-likeness (QED) is 0.432. The number of phenolic OH excluding ortho intramolecular Hbond substituents is 2. The van der Waals surface area contributed by atoms with Gasteiger partial charge in [-0.25, -0.2) is 0 Å². The first-order valence-electron chi connectivity index (χ1n) is 5.32. The van der Waals surface area contributed by atoms with Gasteiger partial charge in [0.1, 0.15) is 17.0 Å². The Balaban J connectivity index is 2.19. The largest absolute Gasteiger partial charge is 0.506 e. The van der Waals surface area contributed by atoms with Crippen LogP contribution in [0.15, 0.2) is 17.2 Å². The normalized spacial score (nSPS) is 11.1. The van der Waals surface area contributed by atoms with Gasteiger partial charge in [0.05, 0.1) is 23.1 Å². The highest BCUT2D eigenvalue weighted by atomic mass is 32.2. The molecule has 0 aliphatic rings. The number of rotatable bonds is 5. The second kappa shape index (κ2) is 5.29. The lowest BCUT2D eigenvalue weighted by atomic mass is 10.2. The van der Waals surface area contributed by atoms with E-state index in [1.807, 2.05) is 6.92 Å². The summed E-state index contributed by atoms with van der Waals surface area (Å²) in [5.41, 5.74) is 0.455. The summed E-state index contributed by atoms with van der Waals surface area (Å²) in [5, 5.41) is 26.7. The van der Waals surface area contributed by atoms with Crippen molar-refractivity contribution in [3.63, 3.8) is 0 Å². The fourth-order valence-corrected chi connectivity index (χ4v) is 2.39. The van der Waals surface area contributed by atoms with Gasteiger partial charge in [-0.3, -0.25) is 5.10 Å². The minimum atomic E-state index is 0.0919. The standard InChI is InChI=1S/C11H14N2O3S/c1-2-16-3-4-17-9-5-8(14)10-7(11(9)15)6-12-13-10/h5-6,14-15H,2-4H2,1H3,(H,12,13). The number of nitrogens with zero attached hydrogens (tertiary/aromatic N) is 1. The molecule has 0 radical (unpaired) electrons. The highest BCUT2D eigenvalue weighted by Crippen LogP contribution is 2.39. The van der Waals surface area contributed by atoms with E-state index in [0.717, 1.165) is 5.75 Å². The second-order valence-corrected chi connectivity index (χ2v) is 4.58. The Kier molecular flexibility index (Phi) is 3.75. The maximum Gasteiger partial charge on any atom is 0.142 e. The molecule has 1 aromatic heterocycles. The van der Waals surface area contributed by atoms with Crippen LogP contribution in [-0.4, -0.2) is 39.4 Å². The van der Waals surface area contributed by atoms with Gasteiger partial charge in [0, 0.05) is 12.4 Å². The molecule has 0 unspecified atom stereocenters. The molecule has 92 valence electrons. The third kappa shape index (κ3) is 2.48. The van der Waals surface area contributed by atoms with Crippen molar-refractivity contribution in [2.45, 2.75) is 11.8 Å². The SMILES string of the molecule is CCOCCSc1cc(O)c2[nH]ncc2c1O. The van der Waals surface area contributed by atoms with Crippen LogP contribution in [0.3, 0.4) is 0 Å². The average molecular weight is 254 g/mol. The molecule has 0 atom stereocenters. The molecular formula is C11H14N2O3S. The minimum Gasteiger partial charge on any atom is -0.506 e. The highest BCUT2D eigenvalue weighted by molar-refractivity contribution is 7.99. The van der Waals surface area contributed by atoms with Gasteiger partial charge >= 0.3 is 0 Å². The van der Waals surface area contributed by atoms with Crippen molar-refractivity contribution in [3.05, 3.63) is 12.3 Å². The van der Waals surface area contributed by atoms with Crippen LogP contribution in [0, 0.1) is 0 Å². The number of fused-ring (bicyclic) bond motifs is 1. The first-order chi connectivity index (χ1) is 8.24. The molecular weight excluding hydrogens is 240 g/mol. The van der Waals surface area contributed by atoms with Crippen molar-refractivity contribution < 1.29 is 14.9 Å². The fourth-order valence-electron chi connectivity index (χ4n) is 1.52. The lowest BCUT2D eigenvalue weighted by Crippen LogP contribution is -1.95. The number of aromatic hydroxyl groups is 2. The molecule has 1 heterocycles. The van der Waals surface area contributed by atoms with Gasteiger partial charge in [0.25, 0.3) is 0 Å². The number of hydrogen-bond acceptors (Lipinski definition) is 5. The van der Waals surface area contributed by atoms with E-state index in [2.05, 4.69) is 10.2 Å². The van der Waals surface area contributed by atoms with Gasteiger partial charge in [0.15, 0.2) is 0 Å². The Morgan fingerprint density at radius 2 is 2.29 bits per heavy atom. The number of nitrogens with one attached hydrogen (secondary N) is 1. The van der Waals surface area contributed by atoms with Crippen LogP contribution in [0.25, 0.3) is 10.9 Å². The Hall–Kier alpha value is -1.40. The van der Waals surface area contributed by atoms with Gasteiger partial charge in [-0.15, -0.1) is 11.8 Å². The van der Waals surface area contributed by atoms with Gasteiger partial charge in [-0.2, -0.15) is 5.10 Å². The molecule has 0 bridgehead atoms. The Morgan fingerprint density at radius 3 is 3.06 bits per heavy atom. The summed E-state index contributed by atoms with van der Waals surface area (Å²) in [4.78, 5) is 0.635. The lowest BCUT2D eigenvalue weighted by Gasteiger charge is -2.06. The Morgan fingerprint density at radius 1 is 1.47 bits per heavy atom. The zero-order valence-corrected chi connectivity index (χ0v) is 10.3. The van der Waals surface area contributed by atoms with Gasteiger partial charge in [0.2, 0.25) is 0 Å². The van der Waals surface area contributed by atoms with E-state index in [0.29, 0.717) is 29.0 Å². The molecule has 3 N–H and O–H groups in total. The molecule has 0 fully saturated rings. The van der Waals surface area contributed by atoms with Crippen molar-refractivity contribution in [1.29, 1.82) is 0 Å². The summed E-state index contributed by atoms with van der Waals surface area (Å²) in [5.74, 6) is 0.965. The maximum absolute atomic E-state index is 9.99. The third-order valence-electron chi connectivity index (χ3n) is 2.34. The molecule has 1 aromatic carbocycles. The van der Waals surface area contributed by atoms with Crippen LogP contribution >= 0.6 is 11.8 Å². The van der Waals surface area contributed by atoms with Crippen LogP contribution in [0.4, 0.5) is 0 Å². The fraction of sp³-hybridized carbons (Fsp3) is 0.364. The van der Waals surface area contributed by atoms with Gasteiger partial charge in [-0.1, -0.05) is 0 Å². The first kappa shape index (κ1) is 12.1. The van der Waals surface area contributed by atoms with Crippen LogP contribution in [-0.2, 0) is 4.74 Å². The van der Waals surface area contributed by atoms with E-state index in [-0.39, 0.29) is 11.5 Å². The van der Waals surface area contributed by atoms with E-state index in [1.54, 1.807) is 0 Å². The number of aromatic nitrogens is 2. The molecule has 17 heavy (non-hydrogen) atoms. The van der Waals surface area contributed by atoms with E-state index in [1.165, 1.54) is 24.0 Å².